The maximum absolute atomic E-state index is 6.23. The first-order valence-corrected chi connectivity index (χ1v) is 8.53. The van der Waals surface area contributed by atoms with E-state index in [-0.39, 0.29) is 6.04 Å². The third-order valence-corrected chi connectivity index (χ3v) is 5.10. The molecule has 1 aromatic carbocycles. The van der Waals surface area contributed by atoms with Crippen LogP contribution in [0.3, 0.4) is 0 Å². The molecule has 20 heavy (non-hydrogen) atoms. The highest BCUT2D eigenvalue weighted by atomic mass is 79.9. The number of hydrogen-bond donors (Lipinski definition) is 1. The molecular formula is C15H18BrClN2S. The number of halogens is 2. The van der Waals surface area contributed by atoms with Gasteiger partial charge in [-0.25, -0.2) is 0 Å². The van der Waals surface area contributed by atoms with Crippen LogP contribution in [0, 0.1) is 0 Å². The first-order valence-electron chi connectivity index (χ1n) is 6.47. The molecule has 2 aromatic rings. The van der Waals surface area contributed by atoms with Crippen LogP contribution in [0.5, 0.6) is 0 Å². The van der Waals surface area contributed by atoms with E-state index < -0.39 is 0 Å². The average Bonchev–Trinajstić information content (AvgIpc) is 2.82. The molecule has 1 aromatic heterocycles. The Labute approximate surface area is 137 Å². The molecule has 1 heterocycles. The van der Waals surface area contributed by atoms with Gasteiger partial charge in [0.25, 0.3) is 0 Å². The third kappa shape index (κ3) is 4.57. The van der Waals surface area contributed by atoms with Gasteiger partial charge < -0.3 is 10.6 Å². The Kier molecular flexibility index (Phi) is 6.05. The molecule has 2 rings (SSSR count). The van der Waals surface area contributed by atoms with Gasteiger partial charge in [-0.05, 0) is 64.6 Å². The molecule has 2 nitrogen and oxygen atoms in total. The van der Waals surface area contributed by atoms with Crippen molar-refractivity contribution in [2.45, 2.75) is 19.0 Å². The third-order valence-electron chi connectivity index (χ3n) is 3.20. The minimum absolute atomic E-state index is 0.0136. The van der Waals surface area contributed by atoms with Crippen molar-refractivity contribution in [1.29, 1.82) is 0 Å². The van der Waals surface area contributed by atoms with Gasteiger partial charge in [-0.3, -0.25) is 0 Å². The lowest BCUT2D eigenvalue weighted by atomic mass is 10.0. The molecule has 1 atom stereocenters. The summed E-state index contributed by atoms with van der Waals surface area (Å²) in [6.45, 7) is 1.89. The number of rotatable bonds is 6. The molecule has 0 aliphatic carbocycles. The number of hydrogen-bond acceptors (Lipinski definition) is 3. The van der Waals surface area contributed by atoms with E-state index >= 15 is 0 Å². The summed E-state index contributed by atoms with van der Waals surface area (Å²) < 4.78 is 1.17. The second-order valence-corrected chi connectivity index (χ2v) is 7.61. The quantitative estimate of drug-likeness (QED) is 0.796. The SMILES string of the molecule is CN(CCC(N)c1ccccc1Cl)Cc1csc(Br)c1. The van der Waals surface area contributed by atoms with Crippen molar-refractivity contribution < 1.29 is 0 Å². The van der Waals surface area contributed by atoms with E-state index in [0.29, 0.717) is 0 Å². The van der Waals surface area contributed by atoms with Crippen LogP contribution in [-0.4, -0.2) is 18.5 Å². The fourth-order valence-corrected chi connectivity index (χ4v) is 3.59. The first kappa shape index (κ1) is 16.0. The van der Waals surface area contributed by atoms with Gasteiger partial charge in [0.2, 0.25) is 0 Å². The van der Waals surface area contributed by atoms with E-state index in [1.54, 1.807) is 11.3 Å². The van der Waals surface area contributed by atoms with Crippen LogP contribution in [0.4, 0.5) is 0 Å². The van der Waals surface area contributed by atoms with Gasteiger partial charge in [-0.2, -0.15) is 0 Å². The van der Waals surface area contributed by atoms with Gasteiger partial charge in [0.05, 0.1) is 3.79 Å². The zero-order valence-electron chi connectivity index (χ0n) is 11.4. The summed E-state index contributed by atoms with van der Waals surface area (Å²) in [5.74, 6) is 0. The standard InChI is InChI=1S/C15H18BrClN2S/c1-19(9-11-8-15(16)20-10-11)7-6-14(18)12-4-2-3-5-13(12)17/h2-5,8,10,14H,6-7,9,18H2,1H3. The summed E-state index contributed by atoms with van der Waals surface area (Å²) in [5.41, 5.74) is 8.58. The summed E-state index contributed by atoms with van der Waals surface area (Å²) in [7, 11) is 2.12. The van der Waals surface area contributed by atoms with E-state index in [9.17, 15) is 0 Å². The van der Waals surface area contributed by atoms with Crippen LogP contribution < -0.4 is 5.73 Å². The van der Waals surface area contributed by atoms with Crippen LogP contribution >= 0.6 is 38.9 Å². The Balaban J connectivity index is 1.84. The minimum Gasteiger partial charge on any atom is -0.324 e. The predicted octanol–water partition coefficient (Wildman–Crippen LogP) is 4.69. The Morgan fingerprint density at radius 1 is 1.40 bits per heavy atom. The summed E-state index contributed by atoms with van der Waals surface area (Å²) in [5, 5.41) is 2.93. The largest absolute Gasteiger partial charge is 0.324 e. The monoisotopic (exact) mass is 372 g/mol. The molecule has 108 valence electrons. The van der Waals surface area contributed by atoms with Gasteiger partial charge in [-0.1, -0.05) is 29.8 Å². The molecule has 0 aliphatic rings. The maximum atomic E-state index is 6.23. The summed E-state index contributed by atoms with van der Waals surface area (Å²) in [6, 6.07) is 9.95. The highest BCUT2D eigenvalue weighted by Gasteiger charge is 2.11. The van der Waals surface area contributed by atoms with Crippen LogP contribution in [0.25, 0.3) is 0 Å². The molecule has 1 unspecified atom stereocenters. The maximum Gasteiger partial charge on any atom is 0.0701 e. The van der Waals surface area contributed by atoms with Crippen molar-refractivity contribution in [3.8, 4) is 0 Å². The second-order valence-electron chi connectivity index (χ2n) is 4.91. The molecule has 0 saturated carbocycles. The van der Waals surface area contributed by atoms with E-state index in [0.717, 1.165) is 30.1 Å². The Morgan fingerprint density at radius 3 is 2.80 bits per heavy atom. The first-order chi connectivity index (χ1) is 9.56. The number of thiophene rings is 1. The van der Waals surface area contributed by atoms with E-state index in [1.807, 2.05) is 24.3 Å². The van der Waals surface area contributed by atoms with Crippen LogP contribution in [0.2, 0.25) is 5.02 Å². The van der Waals surface area contributed by atoms with Crippen molar-refractivity contribution >= 4 is 38.9 Å². The molecule has 0 radical (unpaired) electrons. The zero-order chi connectivity index (χ0) is 14.5. The number of nitrogens with two attached hydrogens (primary N) is 1. The molecule has 5 heteroatoms. The lowest BCUT2D eigenvalue weighted by Crippen LogP contribution is -2.23. The highest BCUT2D eigenvalue weighted by molar-refractivity contribution is 9.11. The fraction of sp³-hybridized carbons (Fsp3) is 0.333. The normalized spacial score (nSPS) is 12.8. The summed E-state index contributed by atoms with van der Waals surface area (Å²) >= 11 is 11.4. The van der Waals surface area contributed by atoms with E-state index in [4.69, 9.17) is 17.3 Å². The summed E-state index contributed by atoms with van der Waals surface area (Å²) in [4.78, 5) is 2.28. The van der Waals surface area contributed by atoms with E-state index in [1.165, 1.54) is 9.35 Å². The summed E-state index contributed by atoms with van der Waals surface area (Å²) in [6.07, 6.45) is 0.894. The number of benzene rings is 1. The topological polar surface area (TPSA) is 29.3 Å². The van der Waals surface area contributed by atoms with Gasteiger partial charge in [0.15, 0.2) is 0 Å². The fourth-order valence-electron chi connectivity index (χ4n) is 2.11. The van der Waals surface area contributed by atoms with Gasteiger partial charge >= 0.3 is 0 Å². The van der Waals surface area contributed by atoms with Crippen LogP contribution in [-0.2, 0) is 6.54 Å². The van der Waals surface area contributed by atoms with Crippen molar-refractivity contribution in [3.63, 3.8) is 0 Å². The average molecular weight is 374 g/mol. The predicted molar refractivity (Wildman–Crippen MR) is 91.4 cm³/mol. The van der Waals surface area contributed by atoms with Crippen molar-refractivity contribution in [1.82, 2.24) is 4.90 Å². The second kappa shape index (κ2) is 7.57. The Hall–Kier alpha value is -0.390. The lowest BCUT2D eigenvalue weighted by molar-refractivity contribution is 0.312. The van der Waals surface area contributed by atoms with E-state index in [2.05, 4.69) is 39.3 Å². The molecule has 2 N–H and O–H groups in total. The van der Waals surface area contributed by atoms with Gasteiger partial charge in [0.1, 0.15) is 0 Å². The van der Waals surface area contributed by atoms with Crippen molar-refractivity contribution in [2.75, 3.05) is 13.6 Å². The number of nitrogens with zero attached hydrogens (tertiary/aromatic N) is 1. The smallest absolute Gasteiger partial charge is 0.0701 e. The van der Waals surface area contributed by atoms with Gasteiger partial charge in [-0.15, -0.1) is 11.3 Å². The molecule has 0 amide bonds. The Morgan fingerprint density at radius 2 is 2.15 bits per heavy atom. The molecule has 0 saturated heterocycles. The van der Waals surface area contributed by atoms with Crippen molar-refractivity contribution in [3.05, 3.63) is 55.6 Å². The van der Waals surface area contributed by atoms with Crippen LogP contribution in [0.15, 0.2) is 39.5 Å². The molecule has 0 bridgehead atoms. The lowest BCUT2D eigenvalue weighted by Gasteiger charge is -2.19. The van der Waals surface area contributed by atoms with Gasteiger partial charge in [0, 0.05) is 17.6 Å². The Bertz CT molecular complexity index is 558. The minimum atomic E-state index is -0.0136. The zero-order valence-corrected chi connectivity index (χ0v) is 14.5. The molecule has 0 spiro atoms. The molecule has 0 fully saturated rings. The highest BCUT2D eigenvalue weighted by Crippen LogP contribution is 2.24. The van der Waals surface area contributed by atoms with Crippen molar-refractivity contribution in [2.24, 2.45) is 5.73 Å². The molecular weight excluding hydrogens is 356 g/mol. The molecule has 0 aliphatic heterocycles. The van der Waals surface area contributed by atoms with Crippen LogP contribution in [0.1, 0.15) is 23.6 Å².